The molecule has 0 spiro atoms. The van der Waals surface area contributed by atoms with Gasteiger partial charge in [-0.1, -0.05) is 0 Å². The fraction of sp³-hybridized carbons (Fsp3) is 0.714. The Balaban J connectivity index is 1.99. The second-order valence-corrected chi connectivity index (χ2v) is 5.55. The first-order valence-corrected chi connectivity index (χ1v) is 6.77. The molecule has 0 aromatic carbocycles. The van der Waals surface area contributed by atoms with Gasteiger partial charge in [0.2, 0.25) is 0 Å². The Kier molecular flexibility index (Phi) is 4.43. The van der Waals surface area contributed by atoms with Crippen molar-refractivity contribution in [2.75, 3.05) is 27.2 Å². The van der Waals surface area contributed by atoms with Crippen LogP contribution in [-0.2, 0) is 13.1 Å². The van der Waals surface area contributed by atoms with Crippen LogP contribution in [0, 0.1) is 6.92 Å². The molecule has 1 aromatic rings. The van der Waals surface area contributed by atoms with E-state index in [2.05, 4.69) is 36.9 Å². The molecule has 0 bridgehead atoms. The lowest BCUT2D eigenvalue weighted by molar-refractivity contribution is 0.187. The molecule has 102 valence electrons. The summed E-state index contributed by atoms with van der Waals surface area (Å²) in [7, 11) is 4.28. The summed E-state index contributed by atoms with van der Waals surface area (Å²) in [5.74, 6) is 1.98. The second kappa shape index (κ2) is 5.87. The maximum absolute atomic E-state index is 5.80. The number of likely N-dealkylation sites (N-methyl/N-ethyl adjacent to an activating group) is 1. The van der Waals surface area contributed by atoms with Gasteiger partial charge in [0.25, 0.3) is 0 Å². The first-order valence-electron chi connectivity index (χ1n) is 6.77. The van der Waals surface area contributed by atoms with Crippen molar-refractivity contribution in [3.05, 3.63) is 23.2 Å². The number of furan rings is 1. The lowest BCUT2D eigenvalue weighted by Gasteiger charge is -2.26. The third-order valence-electron chi connectivity index (χ3n) is 3.69. The highest BCUT2D eigenvalue weighted by atomic mass is 16.3. The van der Waals surface area contributed by atoms with Crippen molar-refractivity contribution >= 4 is 0 Å². The summed E-state index contributed by atoms with van der Waals surface area (Å²) < 4.78 is 5.80. The van der Waals surface area contributed by atoms with E-state index in [1.165, 1.54) is 24.9 Å². The van der Waals surface area contributed by atoms with E-state index in [0.29, 0.717) is 12.6 Å². The molecular weight excluding hydrogens is 226 g/mol. The summed E-state index contributed by atoms with van der Waals surface area (Å²) in [5.41, 5.74) is 6.83. The predicted molar refractivity (Wildman–Crippen MR) is 73.3 cm³/mol. The second-order valence-electron chi connectivity index (χ2n) is 5.55. The van der Waals surface area contributed by atoms with E-state index < -0.39 is 0 Å². The highest BCUT2D eigenvalue weighted by Crippen LogP contribution is 2.22. The Labute approximate surface area is 110 Å². The molecule has 18 heavy (non-hydrogen) atoms. The molecule has 4 heteroatoms. The zero-order valence-electron chi connectivity index (χ0n) is 11.8. The van der Waals surface area contributed by atoms with Gasteiger partial charge in [0.05, 0.1) is 13.1 Å². The molecule has 1 aliphatic heterocycles. The van der Waals surface area contributed by atoms with Crippen molar-refractivity contribution in [2.24, 2.45) is 5.73 Å². The molecule has 0 saturated carbocycles. The number of hydrogen-bond donors (Lipinski definition) is 1. The SMILES string of the molecule is Cc1cc(CN2CCCC2CN(C)C)oc1CN. The van der Waals surface area contributed by atoms with Gasteiger partial charge in [0.15, 0.2) is 0 Å². The van der Waals surface area contributed by atoms with Gasteiger partial charge in [0, 0.05) is 12.6 Å². The minimum atomic E-state index is 0.493. The number of hydrogen-bond acceptors (Lipinski definition) is 4. The third-order valence-corrected chi connectivity index (χ3v) is 3.69. The molecule has 1 saturated heterocycles. The summed E-state index contributed by atoms with van der Waals surface area (Å²) in [6, 6.07) is 2.79. The van der Waals surface area contributed by atoms with Crippen LogP contribution in [0.1, 0.15) is 29.9 Å². The van der Waals surface area contributed by atoms with Crippen molar-refractivity contribution in [2.45, 2.75) is 38.9 Å². The quantitative estimate of drug-likeness (QED) is 0.863. The van der Waals surface area contributed by atoms with Gasteiger partial charge >= 0.3 is 0 Å². The molecule has 1 aromatic heterocycles. The summed E-state index contributed by atoms with van der Waals surface area (Å²) in [4.78, 5) is 4.79. The summed E-state index contributed by atoms with van der Waals surface area (Å²) in [6.45, 7) is 5.78. The molecule has 1 aliphatic rings. The van der Waals surface area contributed by atoms with Gasteiger partial charge in [-0.05, 0) is 52.0 Å². The molecule has 2 N–H and O–H groups in total. The van der Waals surface area contributed by atoms with Crippen LogP contribution in [0.15, 0.2) is 10.5 Å². The van der Waals surface area contributed by atoms with Gasteiger partial charge in [-0.15, -0.1) is 0 Å². The minimum absolute atomic E-state index is 0.493. The van der Waals surface area contributed by atoms with Crippen LogP contribution in [0.25, 0.3) is 0 Å². The average Bonchev–Trinajstić information content (AvgIpc) is 2.86. The summed E-state index contributed by atoms with van der Waals surface area (Å²) in [6.07, 6.45) is 2.59. The van der Waals surface area contributed by atoms with E-state index in [1.807, 2.05) is 0 Å². The van der Waals surface area contributed by atoms with Crippen LogP contribution >= 0.6 is 0 Å². The van der Waals surface area contributed by atoms with Crippen LogP contribution < -0.4 is 5.73 Å². The Morgan fingerprint density at radius 3 is 2.89 bits per heavy atom. The highest BCUT2D eigenvalue weighted by molar-refractivity contribution is 5.20. The normalized spacial score (nSPS) is 21.1. The van der Waals surface area contributed by atoms with Crippen LogP contribution in [0.2, 0.25) is 0 Å². The Morgan fingerprint density at radius 1 is 1.50 bits per heavy atom. The number of aryl methyl sites for hydroxylation is 1. The maximum atomic E-state index is 5.80. The molecule has 2 rings (SSSR count). The molecule has 4 nitrogen and oxygen atoms in total. The van der Waals surface area contributed by atoms with Crippen molar-refractivity contribution in [1.82, 2.24) is 9.80 Å². The third kappa shape index (κ3) is 3.13. The molecular formula is C14H25N3O. The summed E-state index contributed by atoms with van der Waals surface area (Å²) in [5, 5.41) is 0. The van der Waals surface area contributed by atoms with Crippen LogP contribution in [0.5, 0.6) is 0 Å². The van der Waals surface area contributed by atoms with E-state index >= 15 is 0 Å². The lowest BCUT2D eigenvalue weighted by atomic mass is 10.2. The average molecular weight is 251 g/mol. The first kappa shape index (κ1) is 13.6. The molecule has 0 amide bonds. The lowest BCUT2D eigenvalue weighted by Crippen LogP contribution is -2.36. The van der Waals surface area contributed by atoms with Crippen LogP contribution in [-0.4, -0.2) is 43.0 Å². The molecule has 2 heterocycles. The largest absolute Gasteiger partial charge is 0.463 e. The highest BCUT2D eigenvalue weighted by Gasteiger charge is 2.25. The van der Waals surface area contributed by atoms with Crippen molar-refractivity contribution in [1.29, 1.82) is 0 Å². The molecule has 1 fully saturated rings. The Bertz CT molecular complexity index is 386. The zero-order chi connectivity index (χ0) is 13.1. The van der Waals surface area contributed by atoms with Crippen molar-refractivity contribution in [3.63, 3.8) is 0 Å². The van der Waals surface area contributed by atoms with E-state index in [4.69, 9.17) is 10.2 Å². The number of nitrogens with zero attached hydrogens (tertiary/aromatic N) is 2. The van der Waals surface area contributed by atoms with Crippen molar-refractivity contribution < 1.29 is 4.42 Å². The van der Waals surface area contributed by atoms with Crippen LogP contribution in [0.3, 0.4) is 0 Å². The Hall–Kier alpha value is -0.840. The van der Waals surface area contributed by atoms with E-state index in [-0.39, 0.29) is 0 Å². The van der Waals surface area contributed by atoms with E-state index in [9.17, 15) is 0 Å². The monoisotopic (exact) mass is 251 g/mol. The zero-order valence-corrected chi connectivity index (χ0v) is 11.8. The molecule has 1 unspecified atom stereocenters. The number of rotatable bonds is 5. The number of nitrogens with two attached hydrogens (primary N) is 1. The molecule has 0 aliphatic carbocycles. The molecule has 1 atom stereocenters. The Morgan fingerprint density at radius 2 is 2.28 bits per heavy atom. The van der Waals surface area contributed by atoms with Gasteiger partial charge in [-0.3, -0.25) is 4.90 Å². The fourth-order valence-electron chi connectivity index (χ4n) is 2.80. The van der Waals surface area contributed by atoms with E-state index in [1.54, 1.807) is 0 Å². The summed E-state index contributed by atoms with van der Waals surface area (Å²) >= 11 is 0. The van der Waals surface area contributed by atoms with Crippen molar-refractivity contribution in [3.8, 4) is 0 Å². The van der Waals surface area contributed by atoms with E-state index in [0.717, 1.165) is 24.6 Å². The fourth-order valence-corrected chi connectivity index (χ4v) is 2.80. The van der Waals surface area contributed by atoms with Crippen LogP contribution in [0.4, 0.5) is 0 Å². The topological polar surface area (TPSA) is 45.6 Å². The standard InChI is InChI=1S/C14H25N3O/c1-11-7-13(18-14(11)8-15)10-17-6-4-5-12(17)9-16(2)3/h7,12H,4-6,8-10,15H2,1-3H3. The first-order chi connectivity index (χ1) is 8.60. The predicted octanol–water partition coefficient (Wildman–Crippen LogP) is 1.57. The molecule has 0 radical (unpaired) electrons. The number of likely N-dealkylation sites (tertiary alicyclic amines) is 1. The van der Waals surface area contributed by atoms with Gasteiger partial charge < -0.3 is 15.1 Å². The smallest absolute Gasteiger partial charge is 0.120 e. The minimum Gasteiger partial charge on any atom is -0.463 e. The van der Waals surface area contributed by atoms with Gasteiger partial charge in [-0.2, -0.15) is 0 Å². The van der Waals surface area contributed by atoms with Gasteiger partial charge in [-0.25, -0.2) is 0 Å². The maximum Gasteiger partial charge on any atom is 0.120 e. The van der Waals surface area contributed by atoms with Gasteiger partial charge in [0.1, 0.15) is 11.5 Å².